The Morgan fingerprint density at radius 2 is 2.04 bits per heavy atom. The molecule has 2 aliphatic rings. The zero-order chi connectivity index (χ0) is 19.5. The van der Waals surface area contributed by atoms with E-state index in [1.807, 2.05) is 29.2 Å². The number of carbonyl (C=O) groups excluding carboxylic acids is 1. The molecular formula is C22H23FN2O3. The highest BCUT2D eigenvalue weighted by Gasteiger charge is 2.38. The van der Waals surface area contributed by atoms with Crippen LogP contribution in [-0.4, -0.2) is 36.3 Å². The SMILES string of the molecule is COc1ccccc1C1CCCN1C(=O)C1CC(Cc2ccc(F)cc2)=NO1. The number of likely N-dealkylation sites (tertiary alicyclic amines) is 1. The Kier molecular flexibility index (Phi) is 5.28. The molecule has 2 heterocycles. The number of amides is 1. The fourth-order valence-corrected chi connectivity index (χ4v) is 3.98. The lowest BCUT2D eigenvalue weighted by Crippen LogP contribution is -2.39. The Morgan fingerprint density at radius 3 is 2.82 bits per heavy atom. The lowest BCUT2D eigenvalue weighted by atomic mass is 10.0. The molecular weight excluding hydrogens is 359 g/mol. The third-order valence-corrected chi connectivity index (χ3v) is 5.36. The molecule has 0 aliphatic carbocycles. The van der Waals surface area contributed by atoms with E-state index in [0.29, 0.717) is 19.4 Å². The summed E-state index contributed by atoms with van der Waals surface area (Å²) in [6.07, 6.45) is 2.28. The lowest BCUT2D eigenvalue weighted by Gasteiger charge is -2.27. The third-order valence-electron chi connectivity index (χ3n) is 5.36. The van der Waals surface area contributed by atoms with Crippen molar-refractivity contribution in [2.45, 2.75) is 37.8 Å². The number of methoxy groups -OCH3 is 1. The molecule has 1 saturated heterocycles. The van der Waals surface area contributed by atoms with E-state index in [0.717, 1.165) is 35.4 Å². The van der Waals surface area contributed by atoms with Crippen LogP contribution in [0.3, 0.4) is 0 Å². The number of ether oxygens (including phenoxy) is 1. The molecule has 2 atom stereocenters. The molecule has 2 aromatic rings. The van der Waals surface area contributed by atoms with E-state index in [1.54, 1.807) is 19.2 Å². The van der Waals surface area contributed by atoms with Gasteiger partial charge in [0, 0.05) is 24.9 Å². The number of rotatable bonds is 5. The Labute approximate surface area is 163 Å². The highest BCUT2D eigenvalue weighted by atomic mass is 19.1. The van der Waals surface area contributed by atoms with Crippen LogP contribution in [-0.2, 0) is 16.1 Å². The summed E-state index contributed by atoms with van der Waals surface area (Å²) in [7, 11) is 1.65. The van der Waals surface area contributed by atoms with Gasteiger partial charge in [0.1, 0.15) is 11.6 Å². The minimum Gasteiger partial charge on any atom is -0.496 e. The molecule has 6 heteroatoms. The van der Waals surface area contributed by atoms with Crippen molar-refractivity contribution in [3.8, 4) is 5.75 Å². The molecule has 0 spiro atoms. The summed E-state index contributed by atoms with van der Waals surface area (Å²) in [6, 6.07) is 14.1. The summed E-state index contributed by atoms with van der Waals surface area (Å²) in [5.41, 5.74) is 2.78. The van der Waals surface area contributed by atoms with Gasteiger partial charge in [0.15, 0.2) is 0 Å². The summed E-state index contributed by atoms with van der Waals surface area (Å²) in [6.45, 7) is 0.703. The normalized spacial score (nSPS) is 21.4. The van der Waals surface area contributed by atoms with E-state index >= 15 is 0 Å². The minimum absolute atomic E-state index is 0.00611. The van der Waals surface area contributed by atoms with Crippen molar-refractivity contribution < 1.29 is 18.8 Å². The average molecular weight is 382 g/mol. The highest BCUT2D eigenvalue weighted by molar-refractivity contribution is 5.94. The maximum absolute atomic E-state index is 13.1. The largest absolute Gasteiger partial charge is 0.496 e. The minimum atomic E-state index is -0.592. The number of hydrogen-bond donors (Lipinski definition) is 0. The third kappa shape index (κ3) is 3.72. The van der Waals surface area contributed by atoms with Crippen molar-refractivity contribution in [1.82, 2.24) is 4.90 Å². The van der Waals surface area contributed by atoms with Crippen molar-refractivity contribution >= 4 is 11.6 Å². The van der Waals surface area contributed by atoms with Crippen LogP contribution in [0, 0.1) is 5.82 Å². The van der Waals surface area contributed by atoms with E-state index in [2.05, 4.69) is 5.16 Å². The molecule has 146 valence electrons. The van der Waals surface area contributed by atoms with Gasteiger partial charge < -0.3 is 14.5 Å². The van der Waals surface area contributed by atoms with Gasteiger partial charge in [0.2, 0.25) is 6.10 Å². The zero-order valence-electron chi connectivity index (χ0n) is 15.8. The van der Waals surface area contributed by atoms with Gasteiger partial charge in [-0.1, -0.05) is 35.5 Å². The molecule has 2 aromatic carbocycles. The second kappa shape index (κ2) is 8.00. The molecule has 5 nitrogen and oxygen atoms in total. The van der Waals surface area contributed by atoms with Gasteiger partial charge >= 0.3 is 0 Å². The van der Waals surface area contributed by atoms with Crippen LogP contribution in [0.4, 0.5) is 4.39 Å². The summed E-state index contributed by atoms with van der Waals surface area (Å²) < 4.78 is 18.5. The van der Waals surface area contributed by atoms with Crippen molar-refractivity contribution in [2.75, 3.05) is 13.7 Å². The summed E-state index contributed by atoms with van der Waals surface area (Å²) in [5.74, 6) is 0.497. The smallest absolute Gasteiger partial charge is 0.267 e. The molecule has 0 saturated carbocycles. The summed E-state index contributed by atoms with van der Waals surface area (Å²) >= 11 is 0. The predicted octanol–water partition coefficient (Wildman–Crippen LogP) is 3.89. The van der Waals surface area contributed by atoms with Gasteiger partial charge in [-0.05, 0) is 36.6 Å². The molecule has 4 rings (SSSR count). The molecule has 0 bridgehead atoms. The first kappa shape index (κ1) is 18.5. The highest BCUT2D eigenvalue weighted by Crippen LogP contribution is 2.37. The second-order valence-electron chi connectivity index (χ2n) is 7.19. The first-order valence-corrected chi connectivity index (χ1v) is 9.55. The van der Waals surface area contributed by atoms with Crippen molar-refractivity contribution in [1.29, 1.82) is 0 Å². The van der Waals surface area contributed by atoms with E-state index in [9.17, 15) is 9.18 Å². The second-order valence-corrected chi connectivity index (χ2v) is 7.19. The maximum Gasteiger partial charge on any atom is 0.267 e. The fraction of sp³-hybridized carbons (Fsp3) is 0.364. The average Bonchev–Trinajstić information content (AvgIpc) is 3.39. The van der Waals surface area contributed by atoms with E-state index < -0.39 is 6.10 Å². The standard InChI is InChI=1S/C22H23FN2O3/c1-27-20-7-3-2-5-18(20)19-6-4-12-25(19)22(26)21-14-17(24-28-21)13-15-8-10-16(23)11-9-15/h2-3,5,7-11,19,21H,4,6,12-14H2,1H3. The van der Waals surface area contributed by atoms with Gasteiger partial charge in [0.05, 0.1) is 18.9 Å². The maximum atomic E-state index is 13.1. The van der Waals surface area contributed by atoms with Crippen molar-refractivity contribution in [3.63, 3.8) is 0 Å². The monoisotopic (exact) mass is 382 g/mol. The van der Waals surface area contributed by atoms with Crippen LogP contribution < -0.4 is 4.74 Å². The first-order valence-electron chi connectivity index (χ1n) is 9.55. The van der Waals surface area contributed by atoms with Gasteiger partial charge in [0.25, 0.3) is 5.91 Å². The van der Waals surface area contributed by atoms with Crippen LogP contribution in [0.1, 0.15) is 36.4 Å². The summed E-state index contributed by atoms with van der Waals surface area (Å²) in [4.78, 5) is 20.5. The van der Waals surface area contributed by atoms with Gasteiger partial charge in [-0.2, -0.15) is 0 Å². The Balaban J connectivity index is 1.42. The van der Waals surface area contributed by atoms with E-state index in [-0.39, 0.29) is 17.8 Å². The van der Waals surface area contributed by atoms with Crippen molar-refractivity contribution in [3.05, 3.63) is 65.5 Å². The summed E-state index contributed by atoms with van der Waals surface area (Å²) in [5, 5.41) is 4.11. The zero-order valence-corrected chi connectivity index (χ0v) is 15.8. The Hall–Kier alpha value is -2.89. The van der Waals surface area contributed by atoms with E-state index in [1.165, 1.54) is 12.1 Å². The number of nitrogens with zero attached hydrogens (tertiary/aromatic N) is 2. The van der Waals surface area contributed by atoms with Crippen LogP contribution in [0.2, 0.25) is 0 Å². The van der Waals surface area contributed by atoms with Crippen LogP contribution >= 0.6 is 0 Å². The van der Waals surface area contributed by atoms with Gasteiger partial charge in [-0.15, -0.1) is 0 Å². The first-order chi connectivity index (χ1) is 13.7. The molecule has 0 radical (unpaired) electrons. The number of hydrogen-bond acceptors (Lipinski definition) is 4. The molecule has 28 heavy (non-hydrogen) atoms. The Morgan fingerprint density at radius 1 is 1.25 bits per heavy atom. The molecule has 1 fully saturated rings. The number of para-hydroxylation sites is 1. The topological polar surface area (TPSA) is 51.1 Å². The fourth-order valence-electron chi connectivity index (χ4n) is 3.98. The van der Waals surface area contributed by atoms with Crippen molar-refractivity contribution in [2.24, 2.45) is 5.16 Å². The molecule has 0 aromatic heterocycles. The number of oxime groups is 1. The Bertz CT molecular complexity index is 882. The van der Waals surface area contributed by atoms with Gasteiger partial charge in [-0.3, -0.25) is 4.79 Å². The number of benzene rings is 2. The number of carbonyl (C=O) groups is 1. The molecule has 0 N–H and O–H groups in total. The molecule has 1 amide bonds. The van der Waals surface area contributed by atoms with Crippen LogP contribution in [0.25, 0.3) is 0 Å². The van der Waals surface area contributed by atoms with Crippen LogP contribution in [0.15, 0.2) is 53.7 Å². The number of halogens is 1. The lowest BCUT2D eigenvalue weighted by molar-refractivity contribution is -0.143. The molecule has 2 aliphatic heterocycles. The predicted molar refractivity (Wildman–Crippen MR) is 104 cm³/mol. The quantitative estimate of drug-likeness (QED) is 0.788. The van der Waals surface area contributed by atoms with Crippen LogP contribution in [0.5, 0.6) is 5.75 Å². The van der Waals surface area contributed by atoms with Gasteiger partial charge in [-0.25, -0.2) is 4.39 Å². The van der Waals surface area contributed by atoms with E-state index in [4.69, 9.17) is 9.57 Å². The molecule has 2 unspecified atom stereocenters.